The monoisotopic (exact) mass is 501 g/mol. The Bertz CT molecular complexity index is 784. The van der Waals surface area contributed by atoms with Crippen molar-refractivity contribution in [2.45, 2.75) is 77.5 Å². The number of carbonyl (C=O) groups excluding carboxylic acids is 3. The molecule has 200 valence electrons. The molecule has 0 aliphatic heterocycles. The Morgan fingerprint density at radius 3 is 1.91 bits per heavy atom. The third-order valence-corrected chi connectivity index (χ3v) is 5.39. The van der Waals surface area contributed by atoms with E-state index in [-0.39, 0.29) is 24.8 Å². The topological polar surface area (TPSA) is 252 Å². The van der Waals surface area contributed by atoms with E-state index in [1.165, 1.54) is 0 Å². The SMILES string of the molecule is CCC(C)C(NC(=O)C(CCCN=C(N)N)NC(=O)C(N)C(C)C)C(=O)NC(CC(=O)O)C(=O)O. The fourth-order valence-electron chi connectivity index (χ4n) is 2.94. The van der Waals surface area contributed by atoms with E-state index >= 15 is 0 Å². The average Bonchev–Trinajstić information content (AvgIpc) is 2.76. The zero-order valence-electron chi connectivity index (χ0n) is 20.6. The van der Waals surface area contributed by atoms with Gasteiger partial charge in [0.25, 0.3) is 0 Å². The number of nitrogens with zero attached hydrogens (tertiary/aromatic N) is 1. The molecule has 0 fully saturated rings. The molecule has 0 aliphatic rings. The maximum Gasteiger partial charge on any atom is 0.326 e. The van der Waals surface area contributed by atoms with Crippen LogP contribution in [0.2, 0.25) is 0 Å². The molecule has 0 aliphatic carbocycles. The summed E-state index contributed by atoms with van der Waals surface area (Å²) >= 11 is 0. The Morgan fingerprint density at radius 2 is 1.46 bits per heavy atom. The van der Waals surface area contributed by atoms with Crippen molar-refractivity contribution < 1.29 is 34.2 Å². The van der Waals surface area contributed by atoms with E-state index < -0.39 is 66.2 Å². The normalized spacial score (nSPS) is 15.1. The number of aliphatic imine (C=N–C) groups is 1. The number of amides is 3. The third kappa shape index (κ3) is 12.0. The van der Waals surface area contributed by atoms with Crippen molar-refractivity contribution in [3.05, 3.63) is 0 Å². The minimum atomic E-state index is -1.68. The van der Waals surface area contributed by atoms with Gasteiger partial charge in [0.2, 0.25) is 17.7 Å². The first-order valence-corrected chi connectivity index (χ1v) is 11.4. The second-order valence-corrected chi connectivity index (χ2v) is 8.65. The maximum atomic E-state index is 13.1. The van der Waals surface area contributed by atoms with Crippen LogP contribution in [0.1, 0.15) is 53.4 Å². The van der Waals surface area contributed by atoms with Crippen LogP contribution in [-0.2, 0) is 24.0 Å². The standard InChI is InChI=1S/C21H39N7O7/c1-5-11(4)16(19(33)27-13(20(34)35)9-14(29)30)28-17(31)12(7-6-8-25-21(23)24)26-18(32)15(22)10(2)3/h10-13,15-16H,5-9,22H2,1-4H3,(H,26,32)(H,27,33)(H,28,31)(H,29,30)(H,34,35)(H4,23,24,25). The summed E-state index contributed by atoms with van der Waals surface area (Å²) in [6.45, 7) is 7.12. The van der Waals surface area contributed by atoms with Gasteiger partial charge in [-0.1, -0.05) is 34.1 Å². The molecule has 5 unspecified atom stereocenters. The summed E-state index contributed by atoms with van der Waals surface area (Å²) in [5.41, 5.74) is 16.5. The van der Waals surface area contributed by atoms with Gasteiger partial charge in [-0.15, -0.1) is 0 Å². The maximum absolute atomic E-state index is 13.1. The number of nitrogens with one attached hydrogen (secondary N) is 3. The molecule has 14 heteroatoms. The van der Waals surface area contributed by atoms with Crippen LogP contribution in [-0.4, -0.2) is 76.5 Å². The van der Waals surface area contributed by atoms with Gasteiger partial charge in [0.1, 0.15) is 18.1 Å². The number of carboxylic acid groups (broad SMARTS) is 2. The lowest BCUT2D eigenvalue weighted by Gasteiger charge is -2.28. The predicted molar refractivity (Wildman–Crippen MR) is 128 cm³/mol. The Kier molecular flexibility index (Phi) is 14.0. The highest BCUT2D eigenvalue weighted by Gasteiger charge is 2.33. The van der Waals surface area contributed by atoms with E-state index in [9.17, 15) is 29.1 Å². The number of rotatable bonds is 16. The molecule has 5 atom stereocenters. The van der Waals surface area contributed by atoms with E-state index in [1.807, 2.05) is 0 Å². The molecule has 0 bridgehead atoms. The van der Waals surface area contributed by atoms with Gasteiger partial charge in [0, 0.05) is 6.54 Å². The van der Waals surface area contributed by atoms with Gasteiger partial charge in [0.05, 0.1) is 12.5 Å². The molecule has 14 nitrogen and oxygen atoms in total. The summed E-state index contributed by atoms with van der Waals surface area (Å²) < 4.78 is 0. The molecular weight excluding hydrogens is 462 g/mol. The fourth-order valence-corrected chi connectivity index (χ4v) is 2.94. The molecule has 0 aromatic heterocycles. The van der Waals surface area contributed by atoms with Crippen LogP contribution in [0.25, 0.3) is 0 Å². The highest BCUT2D eigenvalue weighted by molar-refractivity contribution is 5.94. The van der Waals surface area contributed by atoms with Gasteiger partial charge in [-0.2, -0.15) is 0 Å². The lowest BCUT2D eigenvalue weighted by atomic mass is 9.96. The summed E-state index contributed by atoms with van der Waals surface area (Å²) in [5.74, 6) is -5.79. The highest BCUT2D eigenvalue weighted by atomic mass is 16.4. The van der Waals surface area contributed by atoms with Crippen molar-refractivity contribution in [2.24, 2.45) is 34.0 Å². The molecule has 0 radical (unpaired) electrons. The Balaban J connectivity index is 5.67. The van der Waals surface area contributed by atoms with E-state index in [4.69, 9.17) is 22.3 Å². The zero-order chi connectivity index (χ0) is 27.3. The first-order valence-electron chi connectivity index (χ1n) is 11.4. The van der Waals surface area contributed by atoms with Gasteiger partial charge >= 0.3 is 11.9 Å². The lowest BCUT2D eigenvalue weighted by molar-refractivity contribution is -0.147. The van der Waals surface area contributed by atoms with Crippen LogP contribution in [0.5, 0.6) is 0 Å². The number of guanidine groups is 1. The number of hydrogen-bond donors (Lipinski definition) is 8. The number of nitrogens with two attached hydrogens (primary N) is 3. The summed E-state index contributed by atoms with van der Waals surface area (Å²) in [4.78, 5) is 64.5. The lowest BCUT2D eigenvalue weighted by Crippen LogP contribution is -2.59. The van der Waals surface area contributed by atoms with Gasteiger partial charge < -0.3 is 43.4 Å². The second kappa shape index (κ2) is 15.5. The molecule has 0 saturated heterocycles. The molecule has 0 rings (SSSR count). The molecule has 0 heterocycles. The minimum Gasteiger partial charge on any atom is -0.481 e. The molecule has 0 saturated carbocycles. The summed E-state index contributed by atoms with van der Waals surface area (Å²) in [6, 6.07) is -4.80. The molecule has 3 amide bonds. The molecule has 0 spiro atoms. The summed E-state index contributed by atoms with van der Waals surface area (Å²) in [6.07, 6.45) is 0.0610. The average molecular weight is 502 g/mol. The van der Waals surface area contributed by atoms with Crippen LogP contribution < -0.4 is 33.2 Å². The van der Waals surface area contributed by atoms with Gasteiger partial charge in [-0.3, -0.25) is 24.2 Å². The van der Waals surface area contributed by atoms with E-state index in [2.05, 4.69) is 20.9 Å². The fraction of sp³-hybridized carbons (Fsp3) is 0.714. The van der Waals surface area contributed by atoms with Gasteiger partial charge in [-0.05, 0) is 24.7 Å². The van der Waals surface area contributed by atoms with Crippen molar-refractivity contribution in [3.8, 4) is 0 Å². The van der Waals surface area contributed by atoms with Crippen LogP contribution >= 0.6 is 0 Å². The van der Waals surface area contributed by atoms with Crippen molar-refractivity contribution in [3.63, 3.8) is 0 Å². The largest absolute Gasteiger partial charge is 0.481 e. The minimum absolute atomic E-state index is 0.125. The van der Waals surface area contributed by atoms with Crippen LogP contribution in [0.15, 0.2) is 4.99 Å². The molecule has 0 aromatic carbocycles. The molecule has 35 heavy (non-hydrogen) atoms. The quantitative estimate of drug-likeness (QED) is 0.0661. The van der Waals surface area contributed by atoms with Crippen LogP contribution in [0.3, 0.4) is 0 Å². The van der Waals surface area contributed by atoms with E-state index in [0.29, 0.717) is 12.8 Å². The van der Waals surface area contributed by atoms with Crippen molar-refractivity contribution in [1.29, 1.82) is 0 Å². The first-order chi connectivity index (χ1) is 16.2. The van der Waals surface area contributed by atoms with Crippen LogP contribution in [0.4, 0.5) is 0 Å². The Hall–Kier alpha value is -3.42. The highest BCUT2D eigenvalue weighted by Crippen LogP contribution is 2.11. The van der Waals surface area contributed by atoms with E-state index in [1.54, 1.807) is 27.7 Å². The Labute approximate surface area is 204 Å². The van der Waals surface area contributed by atoms with Crippen molar-refractivity contribution >= 4 is 35.6 Å². The van der Waals surface area contributed by atoms with Crippen LogP contribution in [0, 0.1) is 11.8 Å². The number of carboxylic acids is 2. The number of aliphatic carboxylic acids is 2. The second-order valence-electron chi connectivity index (χ2n) is 8.65. The predicted octanol–water partition coefficient (Wildman–Crippen LogP) is -1.92. The first kappa shape index (κ1) is 31.6. The smallest absolute Gasteiger partial charge is 0.326 e. The van der Waals surface area contributed by atoms with Gasteiger partial charge in [-0.25, -0.2) is 4.79 Å². The molecule has 0 aromatic rings. The van der Waals surface area contributed by atoms with E-state index in [0.717, 1.165) is 0 Å². The Morgan fingerprint density at radius 1 is 0.886 bits per heavy atom. The van der Waals surface area contributed by atoms with Gasteiger partial charge in [0.15, 0.2) is 5.96 Å². The number of carbonyl (C=O) groups is 5. The zero-order valence-corrected chi connectivity index (χ0v) is 20.6. The van der Waals surface area contributed by atoms with Crippen molar-refractivity contribution in [1.82, 2.24) is 16.0 Å². The third-order valence-electron chi connectivity index (χ3n) is 5.39. The number of hydrogen-bond acceptors (Lipinski definition) is 7. The summed E-state index contributed by atoms with van der Waals surface area (Å²) in [7, 11) is 0. The molecular formula is C21H39N7O7. The molecule has 11 N–H and O–H groups in total. The van der Waals surface area contributed by atoms with Crippen molar-refractivity contribution in [2.75, 3.05) is 6.54 Å². The summed E-state index contributed by atoms with van der Waals surface area (Å²) in [5, 5.41) is 25.4.